The summed E-state index contributed by atoms with van der Waals surface area (Å²) in [4.78, 5) is 28.5. The summed E-state index contributed by atoms with van der Waals surface area (Å²) < 4.78 is 5.48. The van der Waals surface area contributed by atoms with Gasteiger partial charge in [0.1, 0.15) is 5.69 Å². The smallest absolute Gasteiger partial charge is 0.274 e. The molecule has 1 aromatic heterocycles. The lowest BCUT2D eigenvalue weighted by Crippen LogP contribution is -2.47. The third-order valence-electron chi connectivity index (χ3n) is 5.36. The van der Waals surface area contributed by atoms with E-state index in [0.717, 1.165) is 77.4 Å². The largest absolute Gasteiger partial charge is 0.381 e. The van der Waals surface area contributed by atoms with Gasteiger partial charge in [-0.05, 0) is 39.8 Å². The maximum absolute atomic E-state index is 13.0. The summed E-state index contributed by atoms with van der Waals surface area (Å²) in [6.07, 6.45) is 6.06. The van der Waals surface area contributed by atoms with Crippen molar-refractivity contribution in [2.24, 2.45) is 0 Å². The van der Waals surface area contributed by atoms with Crippen LogP contribution in [0.4, 0.5) is 0 Å². The predicted molar refractivity (Wildman–Crippen MR) is 100 cm³/mol. The molecule has 2 aliphatic heterocycles. The molecule has 2 aliphatic rings. The molecular formula is C19H31N5O2. The molecule has 0 saturated carbocycles. The van der Waals surface area contributed by atoms with Crippen molar-refractivity contribution >= 4 is 5.91 Å². The molecule has 26 heavy (non-hydrogen) atoms. The Morgan fingerprint density at radius 2 is 1.92 bits per heavy atom. The Morgan fingerprint density at radius 3 is 2.58 bits per heavy atom. The third-order valence-corrected chi connectivity index (χ3v) is 5.36. The molecule has 0 aromatic carbocycles. The van der Waals surface area contributed by atoms with E-state index < -0.39 is 0 Å². The minimum atomic E-state index is 0.00257. The summed E-state index contributed by atoms with van der Waals surface area (Å²) in [5.41, 5.74) is 1.27. The SMILES string of the molecule is Cc1cnc(C(=O)N(CCCN2CCN(C)CC2)C2CCOCC2)cn1. The predicted octanol–water partition coefficient (Wildman–Crippen LogP) is 1.04. The lowest BCUT2D eigenvalue weighted by atomic mass is 10.1. The fourth-order valence-electron chi connectivity index (χ4n) is 3.63. The number of aromatic nitrogens is 2. The Bertz CT molecular complexity index is 566. The van der Waals surface area contributed by atoms with E-state index >= 15 is 0 Å². The summed E-state index contributed by atoms with van der Waals surface area (Å²) in [5, 5.41) is 0. The Morgan fingerprint density at radius 1 is 1.19 bits per heavy atom. The van der Waals surface area contributed by atoms with Gasteiger partial charge in [0.25, 0.3) is 5.91 Å². The number of carbonyl (C=O) groups is 1. The Kier molecular flexibility index (Phi) is 6.93. The standard InChI is InChI=1S/C19H31N5O2/c1-16-14-21-18(15-20-16)19(25)24(17-4-12-26-13-5-17)7-3-6-23-10-8-22(2)9-11-23/h14-15,17H,3-13H2,1-2H3. The van der Waals surface area contributed by atoms with Crippen molar-refractivity contribution in [1.29, 1.82) is 0 Å². The molecule has 0 unspecified atom stereocenters. The average Bonchev–Trinajstić information content (AvgIpc) is 2.67. The van der Waals surface area contributed by atoms with Crippen LogP contribution < -0.4 is 0 Å². The van der Waals surface area contributed by atoms with Crippen LogP contribution in [0.5, 0.6) is 0 Å². The van der Waals surface area contributed by atoms with Gasteiger partial charge in [-0.3, -0.25) is 9.78 Å². The van der Waals surface area contributed by atoms with Crippen LogP contribution in [0.15, 0.2) is 12.4 Å². The van der Waals surface area contributed by atoms with Crippen LogP contribution in [-0.4, -0.2) is 96.1 Å². The van der Waals surface area contributed by atoms with Crippen LogP contribution in [0.3, 0.4) is 0 Å². The Balaban J connectivity index is 1.59. The number of rotatable bonds is 6. The first-order valence-electron chi connectivity index (χ1n) is 9.72. The zero-order valence-electron chi connectivity index (χ0n) is 16.1. The number of piperazine rings is 1. The normalized spacial score (nSPS) is 20.2. The fourth-order valence-corrected chi connectivity index (χ4v) is 3.63. The topological polar surface area (TPSA) is 61.8 Å². The quantitative estimate of drug-likeness (QED) is 0.755. The number of nitrogens with zero attached hydrogens (tertiary/aromatic N) is 5. The number of aryl methyl sites for hydroxylation is 1. The summed E-state index contributed by atoms with van der Waals surface area (Å²) in [5.74, 6) is 0.00257. The maximum Gasteiger partial charge on any atom is 0.274 e. The van der Waals surface area contributed by atoms with Crippen LogP contribution in [-0.2, 0) is 4.74 Å². The number of amides is 1. The molecule has 0 N–H and O–H groups in total. The van der Waals surface area contributed by atoms with Crippen LogP contribution in [0.2, 0.25) is 0 Å². The van der Waals surface area contributed by atoms with Gasteiger partial charge in [-0.25, -0.2) is 4.98 Å². The number of hydrogen-bond donors (Lipinski definition) is 0. The van der Waals surface area contributed by atoms with Gasteiger partial charge >= 0.3 is 0 Å². The van der Waals surface area contributed by atoms with Gasteiger partial charge < -0.3 is 19.4 Å². The highest BCUT2D eigenvalue weighted by Gasteiger charge is 2.27. The fraction of sp³-hybridized carbons (Fsp3) is 0.737. The van der Waals surface area contributed by atoms with Crippen molar-refractivity contribution in [3.8, 4) is 0 Å². The maximum atomic E-state index is 13.0. The van der Waals surface area contributed by atoms with E-state index in [4.69, 9.17) is 4.74 Å². The van der Waals surface area contributed by atoms with Crippen LogP contribution in [0.25, 0.3) is 0 Å². The van der Waals surface area contributed by atoms with E-state index in [0.29, 0.717) is 5.69 Å². The van der Waals surface area contributed by atoms with Crippen molar-refractivity contribution in [2.75, 3.05) is 59.5 Å². The number of likely N-dealkylation sites (N-methyl/N-ethyl adjacent to an activating group) is 1. The van der Waals surface area contributed by atoms with Gasteiger partial charge in [-0.2, -0.15) is 0 Å². The highest BCUT2D eigenvalue weighted by molar-refractivity contribution is 5.92. The van der Waals surface area contributed by atoms with Gasteiger partial charge in [-0.1, -0.05) is 0 Å². The van der Waals surface area contributed by atoms with E-state index in [1.54, 1.807) is 12.4 Å². The van der Waals surface area contributed by atoms with Gasteiger partial charge in [0.15, 0.2) is 0 Å². The molecule has 144 valence electrons. The molecule has 2 fully saturated rings. The first-order valence-corrected chi connectivity index (χ1v) is 9.72. The minimum absolute atomic E-state index is 0.00257. The molecule has 0 bridgehead atoms. The van der Waals surface area contributed by atoms with Crippen molar-refractivity contribution in [3.05, 3.63) is 23.8 Å². The van der Waals surface area contributed by atoms with Gasteiger partial charge in [0, 0.05) is 58.2 Å². The number of carbonyl (C=O) groups excluding carboxylic acids is 1. The summed E-state index contributed by atoms with van der Waals surface area (Å²) in [6.45, 7) is 9.64. The Labute approximate surface area is 156 Å². The molecule has 0 atom stereocenters. The molecule has 2 saturated heterocycles. The lowest BCUT2D eigenvalue weighted by molar-refractivity contribution is 0.0272. The zero-order valence-corrected chi connectivity index (χ0v) is 16.1. The minimum Gasteiger partial charge on any atom is -0.381 e. The molecule has 3 heterocycles. The molecule has 7 heteroatoms. The highest BCUT2D eigenvalue weighted by atomic mass is 16.5. The Hall–Kier alpha value is -1.57. The van der Waals surface area contributed by atoms with Crippen molar-refractivity contribution in [2.45, 2.75) is 32.2 Å². The average molecular weight is 361 g/mol. The van der Waals surface area contributed by atoms with Gasteiger partial charge in [-0.15, -0.1) is 0 Å². The summed E-state index contributed by atoms with van der Waals surface area (Å²) >= 11 is 0. The van der Waals surface area contributed by atoms with E-state index in [9.17, 15) is 4.79 Å². The van der Waals surface area contributed by atoms with Crippen molar-refractivity contribution < 1.29 is 9.53 Å². The molecular weight excluding hydrogens is 330 g/mol. The molecule has 7 nitrogen and oxygen atoms in total. The van der Waals surface area contributed by atoms with E-state index in [1.807, 2.05) is 11.8 Å². The lowest BCUT2D eigenvalue weighted by Gasteiger charge is -2.36. The second-order valence-corrected chi connectivity index (χ2v) is 7.38. The molecule has 3 rings (SSSR count). The third kappa shape index (κ3) is 5.22. The van der Waals surface area contributed by atoms with Crippen LogP contribution in [0, 0.1) is 6.92 Å². The molecule has 1 aromatic rings. The van der Waals surface area contributed by atoms with Gasteiger partial charge in [0.2, 0.25) is 0 Å². The summed E-state index contributed by atoms with van der Waals surface area (Å²) in [7, 11) is 2.17. The van der Waals surface area contributed by atoms with Crippen molar-refractivity contribution in [1.82, 2.24) is 24.7 Å². The molecule has 1 amide bonds. The first kappa shape index (κ1) is 19.2. The molecule has 0 radical (unpaired) electrons. The second-order valence-electron chi connectivity index (χ2n) is 7.38. The van der Waals surface area contributed by atoms with Crippen LogP contribution >= 0.6 is 0 Å². The molecule has 0 aliphatic carbocycles. The monoisotopic (exact) mass is 361 g/mol. The number of ether oxygens (including phenoxy) is 1. The van der Waals surface area contributed by atoms with E-state index in [-0.39, 0.29) is 11.9 Å². The first-order chi connectivity index (χ1) is 12.6. The van der Waals surface area contributed by atoms with Crippen LogP contribution in [0.1, 0.15) is 35.4 Å². The van der Waals surface area contributed by atoms with E-state index in [1.165, 1.54) is 0 Å². The highest BCUT2D eigenvalue weighted by Crippen LogP contribution is 2.17. The second kappa shape index (κ2) is 9.39. The van der Waals surface area contributed by atoms with Gasteiger partial charge in [0.05, 0.1) is 11.9 Å². The molecule has 0 spiro atoms. The van der Waals surface area contributed by atoms with E-state index in [2.05, 4.69) is 26.8 Å². The summed E-state index contributed by atoms with van der Waals surface area (Å²) in [6, 6.07) is 0.242. The van der Waals surface area contributed by atoms with Crippen molar-refractivity contribution in [3.63, 3.8) is 0 Å². The number of hydrogen-bond acceptors (Lipinski definition) is 6. The zero-order chi connectivity index (χ0) is 18.4.